The summed E-state index contributed by atoms with van der Waals surface area (Å²) in [6, 6.07) is 9.77. The maximum absolute atomic E-state index is 10.9. The third-order valence-corrected chi connectivity index (χ3v) is 4.57. The summed E-state index contributed by atoms with van der Waals surface area (Å²) in [6.07, 6.45) is 4.68. The smallest absolute Gasteiger partial charge is 0.341 e. The van der Waals surface area contributed by atoms with Crippen molar-refractivity contribution in [1.29, 1.82) is 0 Å². The molecule has 1 aliphatic heterocycles. The van der Waals surface area contributed by atoms with Gasteiger partial charge < -0.3 is 14.6 Å². The molecule has 0 radical (unpaired) electrons. The first-order chi connectivity index (χ1) is 12.7. The molecule has 0 aliphatic carbocycles. The standard InChI is InChI=1S/C20H24N2O4/c1-25-13-15-6-8-22(11-15)12-18-9-16(17-3-2-7-21-10-17)4-5-19(18)26-14-20(23)24/h2-5,7,9-10,15H,6,8,11-14H2,1H3,(H,23,24)/t15-/m0/s1. The van der Waals surface area contributed by atoms with Crippen LogP contribution >= 0.6 is 0 Å². The van der Waals surface area contributed by atoms with Crippen LogP contribution in [0, 0.1) is 5.92 Å². The number of benzene rings is 1. The molecule has 138 valence electrons. The Labute approximate surface area is 153 Å². The zero-order valence-corrected chi connectivity index (χ0v) is 14.9. The summed E-state index contributed by atoms with van der Waals surface area (Å²) in [5.41, 5.74) is 3.06. The van der Waals surface area contributed by atoms with Gasteiger partial charge in [0.15, 0.2) is 6.61 Å². The summed E-state index contributed by atoms with van der Waals surface area (Å²) < 4.78 is 10.8. The molecule has 6 heteroatoms. The molecule has 1 atom stereocenters. The number of aliphatic carboxylic acids is 1. The summed E-state index contributed by atoms with van der Waals surface area (Å²) >= 11 is 0. The SMILES string of the molecule is COC[C@H]1CCN(Cc2cc(-c3cccnc3)ccc2OCC(=O)O)C1. The molecule has 3 rings (SSSR count). The number of aromatic nitrogens is 1. The number of rotatable bonds is 8. The quantitative estimate of drug-likeness (QED) is 0.784. The van der Waals surface area contributed by atoms with Crippen LogP contribution in [-0.2, 0) is 16.1 Å². The summed E-state index contributed by atoms with van der Waals surface area (Å²) in [4.78, 5) is 17.4. The van der Waals surface area contributed by atoms with Gasteiger partial charge in [0.1, 0.15) is 5.75 Å². The van der Waals surface area contributed by atoms with Crippen LogP contribution in [0.1, 0.15) is 12.0 Å². The van der Waals surface area contributed by atoms with Gasteiger partial charge in [-0.25, -0.2) is 4.79 Å². The van der Waals surface area contributed by atoms with Crippen LogP contribution in [0.5, 0.6) is 5.75 Å². The molecule has 1 aliphatic rings. The van der Waals surface area contributed by atoms with Crippen molar-refractivity contribution in [2.45, 2.75) is 13.0 Å². The van der Waals surface area contributed by atoms with Crippen LogP contribution in [0.25, 0.3) is 11.1 Å². The molecule has 0 spiro atoms. The van der Waals surface area contributed by atoms with Gasteiger partial charge in [-0.3, -0.25) is 9.88 Å². The molecule has 1 fully saturated rings. The molecule has 0 amide bonds. The van der Waals surface area contributed by atoms with E-state index >= 15 is 0 Å². The highest BCUT2D eigenvalue weighted by Crippen LogP contribution is 2.29. The third-order valence-electron chi connectivity index (χ3n) is 4.57. The summed E-state index contributed by atoms with van der Waals surface area (Å²) in [5, 5.41) is 8.92. The fourth-order valence-corrected chi connectivity index (χ4v) is 3.37. The minimum atomic E-state index is -0.978. The molecule has 2 heterocycles. The predicted octanol–water partition coefficient (Wildman–Crippen LogP) is 2.68. The molecule has 26 heavy (non-hydrogen) atoms. The van der Waals surface area contributed by atoms with Gasteiger partial charge in [-0.15, -0.1) is 0 Å². The number of nitrogens with zero attached hydrogens (tertiary/aromatic N) is 2. The number of pyridine rings is 1. The number of hydrogen-bond donors (Lipinski definition) is 1. The molecular formula is C20H24N2O4. The predicted molar refractivity (Wildman–Crippen MR) is 98.1 cm³/mol. The maximum atomic E-state index is 10.9. The topological polar surface area (TPSA) is 71.9 Å². The zero-order chi connectivity index (χ0) is 18.4. The van der Waals surface area contributed by atoms with Crippen molar-refractivity contribution in [2.24, 2.45) is 5.92 Å². The van der Waals surface area contributed by atoms with Gasteiger partial charge in [0.05, 0.1) is 6.61 Å². The van der Waals surface area contributed by atoms with Crippen molar-refractivity contribution >= 4 is 5.97 Å². The van der Waals surface area contributed by atoms with Crippen LogP contribution in [0.4, 0.5) is 0 Å². The first-order valence-electron chi connectivity index (χ1n) is 8.75. The van der Waals surface area contributed by atoms with Crippen molar-refractivity contribution in [3.05, 3.63) is 48.3 Å². The normalized spacial score (nSPS) is 17.3. The van der Waals surface area contributed by atoms with Crippen LogP contribution in [-0.4, -0.2) is 54.4 Å². The van der Waals surface area contributed by atoms with Gasteiger partial charge in [0, 0.05) is 43.7 Å². The molecule has 0 saturated carbocycles. The monoisotopic (exact) mass is 356 g/mol. The number of carboxylic acid groups (broad SMARTS) is 1. The Morgan fingerprint density at radius 2 is 2.23 bits per heavy atom. The Morgan fingerprint density at radius 3 is 2.96 bits per heavy atom. The fourth-order valence-electron chi connectivity index (χ4n) is 3.37. The van der Waals surface area contributed by atoms with Gasteiger partial charge in [0.2, 0.25) is 0 Å². The lowest BCUT2D eigenvalue weighted by molar-refractivity contribution is -0.139. The number of ether oxygens (including phenoxy) is 2. The van der Waals surface area contributed by atoms with Crippen molar-refractivity contribution in [3.8, 4) is 16.9 Å². The summed E-state index contributed by atoms with van der Waals surface area (Å²) in [5.74, 6) is 0.189. The van der Waals surface area contributed by atoms with E-state index in [2.05, 4.69) is 16.0 Å². The van der Waals surface area contributed by atoms with Crippen LogP contribution in [0.2, 0.25) is 0 Å². The third kappa shape index (κ3) is 4.80. The Hall–Kier alpha value is -2.44. The average molecular weight is 356 g/mol. The van der Waals surface area contributed by atoms with Crippen molar-refractivity contribution in [2.75, 3.05) is 33.4 Å². The Morgan fingerprint density at radius 1 is 1.35 bits per heavy atom. The number of likely N-dealkylation sites (tertiary alicyclic amines) is 1. The van der Waals surface area contributed by atoms with Gasteiger partial charge in [0.25, 0.3) is 0 Å². The molecule has 0 unspecified atom stereocenters. The fraction of sp³-hybridized carbons (Fsp3) is 0.400. The van der Waals surface area contributed by atoms with E-state index in [0.29, 0.717) is 11.7 Å². The van der Waals surface area contributed by atoms with E-state index in [1.165, 1.54) is 0 Å². The minimum Gasteiger partial charge on any atom is -0.482 e. The number of carboxylic acids is 1. The first-order valence-corrected chi connectivity index (χ1v) is 8.75. The number of carbonyl (C=O) groups is 1. The molecule has 1 aromatic carbocycles. The van der Waals surface area contributed by atoms with Crippen molar-refractivity contribution < 1.29 is 19.4 Å². The largest absolute Gasteiger partial charge is 0.482 e. The van der Waals surface area contributed by atoms with E-state index in [4.69, 9.17) is 14.6 Å². The molecule has 1 aromatic heterocycles. The highest BCUT2D eigenvalue weighted by molar-refractivity contribution is 5.69. The average Bonchev–Trinajstić information content (AvgIpc) is 3.08. The van der Waals surface area contributed by atoms with E-state index in [1.54, 1.807) is 13.3 Å². The maximum Gasteiger partial charge on any atom is 0.341 e. The summed E-state index contributed by atoms with van der Waals surface area (Å²) in [6.45, 7) is 3.14. The second-order valence-corrected chi connectivity index (χ2v) is 6.59. The van der Waals surface area contributed by atoms with Gasteiger partial charge in [-0.2, -0.15) is 0 Å². The highest BCUT2D eigenvalue weighted by Gasteiger charge is 2.23. The molecule has 0 bridgehead atoms. The van der Waals surface area contributed by atoms with Crippen LogP contribution in [0.15, 0.2) is 42.7 Å². The molecule has 1 N–H and O–H groups in total. The van der Waals surface area contributed by atoms with E-state index < -0.39 is 5.97 Å². The van der Waals surface area contributed by atoms with Crippen LogP contribution < -0.4 is 4.74 Å². The van der Waals surface area contributed by atoms with Crippen molar-refractivity contribution in [3.63, 3.8) is 0 Å². The van der Waals surface area contributed by atoms with E-state index in [0.717, 1.165) is 49.4 Å². The number of hydrogen-bond acceptors (Lipinski definition) is 5. The van der Waals surface area contributed by atoms with Gasteiger partial charge in [-0.05, 0) is 42.6 Å². The highest BCUT2D eigenvalue weighted by atomic mass is 16.5. The minimum absolute atomic E-state index is 0.342. The van der Waals surface area contributed by atoms with E-state index in [9.17, 15) is 4.79 Å². The Kier molecular flexibility index (Phi) is 6.20. The number of methoxy groups -OCH3 is 1. The van der Waals surface area contributed by atoms with Crippen LogP contribution in [0.3, 0.4) is 0 Å². The second-order valence-electron chi connectivity index (χ2n) is 6.59. The lowest BCUT2D eigenvalue weighted by atomic mass is 10.0. The van der Waals surface area contributed by atoms with Crippen molar-refractivity contribution in [1.82, 2.24) is 9.88 Å². The van der Waals surface area contributed by atoms with E-state index in [1.807, 2.05) is 30.5 Å². The second kappa shape index (κ2) is 8.78. The first kappa shape index (κ1) is 18.4. The molecule has 6 nitrogen and oxygen atoms in total. The Bertz CT molecular complexity index is 736. The summed E-state index contributed by atoms with van der Waals surface area (Å²) in [7, 11) is 1.73. The Balaban J connectivity index is 1.80. The molecular weight excluding hydrogens is 332 g/mol. The zero-order valence-electron chi connectivity index (χ0n) is 14.9. The van der Waals surface area contributed by atoms with Gasteiger partial charge >= 0.3 is 5.97 Å². The van der Waals surface area contributed by atoms with E-state index in [-0.39, 0.29) is 6.61 Å². The lowest BCUT2D eigenvalue weighted by Crippen LogP contribution is -2.22. The lowest BCUT2D eigenvalue weighted by Gasteiger charge is -2.19. The molecule has 1 saturated heterocycles. The van der Waals surface area contributed by atoms with Gasteiger partial charge in [-0.1, -0.05) is 12.1 Å². The molecule has 2 aromatic rings.